The molecular weight excluding hydrogens is 549 g/mol. The molecule has 0 atom stereocenters. The van der Waals surface area contributed by atoms with Gasteiger partial charge in [0, 0.05) is 0 Å². The van der Waals surface area contributed by atoms with Crippen molar-refractivity contribution in [1.29, 1.82) is 0 Å². The Kier molecular flexibility index (Phi) is 8.99. The highest BCUT2D eigenvalue weighted by Gasteiger charge is 2.35. The molecule has 196 valence electrons. The maximum absolute atomic E-state index is 12.9. The summed E-state index contributed by atoms with van der Waals surface area (Å²) in [6.07, 6.45) is 1.54. The lowest BCUT2D eigenvalue weighted by atomic mass is 10.1. The van der Waals surface area contributed by atoms with Crippen LogP contribution in [-0.2, 0) is 4.79 Å². The number of carbonyl (C=O) groups is 3. The van der Waals surface area contributed by atoms with E-state index in [1.807, 2.05) is 31.2 Å². The van der Waals surface area contributed by atoms with E-state index < -0.39 is 17.1 Å². The Bertz CT molecular complexity index is 1420. The van der Waals surface area contributed by atoms with E-state index in [9.17, 15) is 14.4 Å². The summed E-state index contributed by atoms with van der Waals surface area (Å²) in [6.45, 7) is 4.27. The number of thioether (sulfide) groups is 1. The van der Waals surface area contributed by atoms with Crippen LogP contribution in [0.15, 0.2) is 65.6 Å². The summed E-state index contributed by atoms with van der Waals surface area (Å²) in [5, 5.41) is -0.0629. The highest BCUT2D eigenvalue weighted by atomic mass is 35.5. The van der Waals surface area contributed by atoms with Crippen molar-refractivity contribution in [1.82, 2.24) is 4.90 Å². The lowest BCUT2D eigenvalue weighted by Gasteiger charge is -2.14. The van der Waals surface area contributed by atoms with Crippen LogP contribution in [0.4, 0.5) is 4.79 Å². The van der Waals surface area contributed by atoms with E-state index >= 15 is 0 Å². The Morgan fingerprint density at radius 2 is 1.79 bits per heavy atom. The second-order valence-corrected chi connectivity index (χ2v) is 9.94. The molecule has 38 heavy (non-hydrogen) atoms. The molecule has 0 aliphatic carbocycles. The molecule has 1 aliphatic rings. The van der Waals surface area contributed by atoms with E-state index in [0.29, 0.717) is 11.3 Å². The van der Waals surface area contributed by atoms with Crippen LogP contribution in [-0.4, -0.2) is 41.8 Å². The Labute approximate surface area is 234 Å². The van der Waals surface area contributed by atoms with Gasteiger partial charge in [-0.2, -0.15) is 0 Å². The minimum atomic E-state index is -0.694. The van der Waals surface area contributed by atoms with E-state index in [4.69, 9.17) is 37.4 Å². The topological polar surface area (TPSA) is 82.1 Å². The normalized spacial score (nSPS) is 14.2. The van der Waals surface area contributed by atoms with Crippen LogP contribution < -0.4 is 14.2 Å². The number of aryl methyl sites for hydroxylation is 1. The summed E-state index contributed by atoms with van der Waals surface area (Å²) in [5.41, 5.74) is 1.72. The molecule has 3 aromatic carbocycles. The zero-order valence-electron chi connectivity index (χ0n) is 20.5. The van der Waals surface area contributed by atoms with Gasteiger partial charge in [0.2, 0.25) is 0 Å². The molecule has 1 saturated heterocycles. The maximum Gasteiger partial charge on any atom is 0.345 e. The number of nitrogens with zero attached hydrogens (tertiary/aromatic N) is 1. The number of imide groups is 1. The molecule has 0 N–H and O–H groups in total. The second kappa shape index (κ2) is 12.4. The fourth-order valence-corrected chi connectivity index (χ4v) is 4.95. The quantitative estimate of drug-likeness (QED) is 0.155. The third-order valence-corrected chi connectivity index (χ3v) is 6.88. The Morgan fingerprint density at radius 1 is 1.00 bits per heavy atom. The summed E-state index contributed by atoms with van der Waals surface area (Å²) >= 11 is 13.4. The van der Waals surface area contributed by atoms with E-state index in [1.165, 1.54) is 12.1 Å². The zero-order chi connectivity index (χ0) is 27.2. The average Bonchev–Trinajstić information content (AvgIpc) is 3.14. The van der Waals surface area contributed by atoms with Gasteiger partial charge in [0.15, 0.2) is 11.5 Å². The molecule has 0 spiro atoms. The van der Waals surface area contributed by atoms with Crippen molar-refractivity contribution >= 4 is 58.2 Å². The van der Waals surface area contributed by atoms with Crippen molar-refractivity contribution in [3.63, 3.8) is 0 Å². The van der Waals surface area contributed by atoms with Gasteiger partial charge < -0.3 is 14.2 Å². The van der Waals surface area contributed by atoms with Crippen LogP contribution in [0.25, 0.3) is 6.08 Å². The van der Waals surface area contributed by atoms with Gasteiger partial charge in [-0.15, -0.1) is 0 Å². The van der Waals surface area contributed by atoms with Gasteiger partial charge in [0.25, 0.3) is 11.1 Å². The molecule has 3 aromatic rings. The van der Waals surface area contributed by atoms with Crippen molar-refractivity contribution in [3.8, 4) is 17.2 Å². The number of hydrogen-bond donors (Lipinski definition) is 0. The molecule has 10 heteroatoms. The molecule has 0 bridgehead atoms. The number of benzene rings is 3. The van der Waals surface area contributed by atoms with Gasteiger partial charge >= 0.3 is 5.97 Å². The van der Waals surface area contributed by atoms with E-state index in [1.54, 1.807) is 37.3 Å². The van der Waals surface area contributed by atoms with Gasteiger partial charge in [0.1, 0.15) is 12.4 Å². The van der Waals surface area contributed by atoms with Crippen LogP contribution in [0.2, 0.25) is 10.0 Å². The van der Waals surface area contributed by atoms with Crippen molar-refractivity contribution in [2.45, 2.75) is 13.8 Å². The van der Waals surface area contributed by atoms with Gasteiger partial charge in [-0.1, -0.05) is 47.5 Å². The number of esters is 1. The lowest BCUT2D eigenvalue weighted by molar-refractivity contribution is -0.123. The van der Waals surface area contributed by atoms with Crippen LogP contribution in [0.1, 0.15) is 28.4 Å². The highest BCUT2D eigenvalue weighted by Crippen LogP contribution is 2.40. The standard InChI is InChI=1S/C28H23Cl2NO6S/c1-3-35-23-15-18(14-22(30)25(23)37-27(33)20-9-4-5-10-21(20)29)16-24-26(32)31(28(34)38-24)11-12-36-19-8-6-7-17(2)13-19/h4-10,13-16H,3,11-12H2,1-2H3/b24-16-. The molecule has 0 unspecified atom stereocenters. The number of rotatable bonds is 9. The number of hydrogen-bond acceptors (Lipinski definition) is 7. The molecule has 4 rings (SSSR count). The molecule has 1 aliphatic heterocycles. The molecule has 0 radical (unpaired) electrons. The predicted octanol–water partition coefficient (Wildman–Crippen LogP) is 7.04. The average molecular weight is 572 g/mol. The fourth-order valence-electron chi connectivity index (χ4n) is 3.61. The molecule has 7 nitrogen and oxygen atoms in total. The Balaban J connectivity index is 1.50. The number of halogens is 2. The smallest absolute Gasteiger partial charge is 0.345 e. The fraction of sp³-hybridized carbons (Fsp3) is 0.179. The lowest BCUT2D eigenvalue weighted by Crippen LogP contribution is -2.32. The van der Waals surface area contributed by atoms with Gasteiger partial charge in [-0.25, -0.2) is 4.79 Å². The van der Waals surface area contributed by atoms with E-state index in [-0.39, 0.29) is 51.8 Å². The Morgan fingerprint density at radius 3 is 2.53 bits per heavy atom. The molecule has 0 saturated carbocycles. The first-order chi connectivity index (χ1) is 18.3. The van der Waals surface area contributed by atoms with Gasteiger partial charge in [-0.05, 0) is 79.2 Å². The first-order valence-electron chi connectivity index (χ1n) is 11.6. The maximum atomic E-state index is 12.9. The first kappa shape index (κ1) is 27.6. The third-order valence-electron chi connectivity index (χ3n) is 5.36. The first-order valence-corrected chi connectivity index (χ1v) is 13.2. The molecule has 2 amide bonds. The Hall–Kier alpha value is -3.46. The summed E-state index contributed by atoms with van der Waals surface area (Å²) < 4.78 is 16.9. The summed E-state index contributed by atoms with van der Waals surface area (Å²) in [6, 6.07) is 17.1. The van der Waals surface area contributed by atoms with Gasteiger partial charge in [0.05, 0.1) is 33.7 Å². The molecule has 0 aromatic heterocycles. The molecule has 1 fully saturated rings. The summed E-state index contributed by atoms with van der Waals surface area (Å²) in [4.78, 5) is 39.5. The van der Waals surface area contributed by atoms with Crippen LogP contribution in [0.3, 0.4) is 0 Å². The minimum Gasteiger partial charge on any atom is -0.492 e. The molecular formula is C28H23Cl2NO6S. The van der Waals surface area contributed by atoms with Crippen molar-refractivity contribution in [3.05, 3.63) is 92.3 Å². The van der Waals surface area contributed by atoms with Crippen LogP contribution in [0, 0.1) is 6.92 Å². The number of amides is 2. The highest BCUT2D eigenvalue weighted by molar-refractivity contribution is 8.18. The third kappa shape index (κ3) is 6.51. The van der Waals surface area contributed by atoms with E-state index in [0.717, 1.165) is 22.2 Å². The zero-order valence-corrected chi connectivity index (χ0v) is 22.9. The largest absolute Gasteiger partial charge is 0.492 e. The minimum absolute atomic E-state index is 0.0250. The summed E-state index contributed by atoms with van der Waals surface area (Å²) in [7, 11) is 0. The van der Waals surface area contributed by atoms with Crippen molar-refractivity contribution < 1.29 is 28.6 Å². The number of carbonyl (C=O) groups excluding carboxylic acids is 3. The predicted molar refractivity (Wildman–Crippen MR) is 148 cm³/mol. The monoisotopic (exact) mass is 571 g/mol. The summed E-state index contributed by atoms with van der Waals surface area (Å²) in [5.74, 6) is -0.230. The van der Waals surface area contributed by atoms with Gasteiger partial charge in [-0.3, -0.25) is 14.5 Å². The SMILES string of the molecule is CCOc1cc(/C=C2\SC(=O)N(CCOc3cccc(C)c3)C2=O)cc(Cl)c1OC(=O)c1ccccc1Cl. The van der Waals surface area contributed by atoms with Crippen LogP contribution >= 0.6 is 35.0 Å². The molecule has 1 heterocycles. The van der Waals surface area contributed by atoms with Crippen molar-refractivity contribution in [2.24, 2.45) is 0 Å². The number of ether oxygens (including phenoxy) is 3. The second-order valence-electron chi connectivity index (χ2n) is 8.13. The van der Waals surface area contributed by atoms with E-state index in [2.05, 4.69) is 0 Å². The van der Waals surface area contributed by atoms with Crippen molar-refractivity contribution in [2.75, 3.05) is 19.8 Å². The van der Waals surface area contributed by atoms with Crippen LogP contribution in [0.5, 0.6) is 17.2 Å².